The van der Waals surface area contributed by atoms with Crippen molar-refractivity contribution in [2.45, 2.75) is 0 Å². The van der Waals surface area contributed by atoms with Gasteiger partial charge in [0, 0.05) is 7.05 Å². The summed E-state index contributed by atoms with van der Waals surface area (Å²) in [5, 5.41) is 14.9. The van der Waals surface area contributed by atoms with Crippen molar-refractivity contribution in [1.82, 2.24) is 9.78 Å². The largest absolute Gasteiger partial charge is 0.306 e. The molecule has 1 N–H and O–H groups in total. The van der Waals surface area contributed by atoms with E-state index in [9.17, 15) is 13.6 Å². The zero-order valence-corrected chi connectivity index (χ0v) is 9.82. The van der Waals surface area contributed by atoms with Crippen LogP contribution in [0.25, 0.3) is 0 Å². The number of aromatic nitrogens is 2. The van der Waals surface area contributed by atoms with Gasteiger partial charge < -0.3 is 5.32 Å². The molecule has 1 aromatic carbocycles. The van der Waals surface area contributed by atoms with Gasteiger partial charge in [0.2, 0.25) is 0 Å². The van der Waals surface area contributed by atoms with Crippen LogP contribution < -0.4 is 5.32 Å². The van der Waals surface area contributed by atoms with Crippen LogP contribution in [0.5, 0.6) is 0 Å². The smallest absolute Gasteiger partial charge is 0.259 e. The quantitative estimate of drug-likeness (QED) is 0.897. The van der Waals surface area contributed by atoms with Crippen molar-refractivity contribution in [3.05, 3.63) is 47.2 Å². The lowest BCUT2D eigenvalue weighted by molar-refractivity contribution is 0.102. The number of hydrogen-bond acceptors (Lipinski definition) is 3. The van der Waals surface area contributed by atoms with Gasteiger partial charge in [0.25, 0.3) is 5.91 Å². The molecule has 1 heterocycles. The summed E-state index contributed by atoms with van der Waals surface area (Å²) in [7, 11) is 1.51. The number of anilines is 1. The van der Waals surface area contributed by atoms with E-state index in [1.807, 2.05) is 6.07 Å². The number of nitrogens with zero attached hydrogens (tertiary/aromatic N) is 3. The molecule has 5 nitrogen and oxygen atoms in total. The molecule has 0 aliphatic rings. The van der Waals surface area contributed by atoms with Crippen LogP contribution in [0.2, 0.25) is 0 Å². The van der Waals surface area contributed by atoms with Crippen LogP contribution in [-0.2, 0) is 7.05 Å². The minimum absolute atomic E-state index is 0.121. The predicted molar refractivity (Wildman–Crippen MR) is 62.2 cm³/mol. The van der Waals surface area contributed by atoms with Crippen molar-refractivity contribution in [2.24, 2.45) is 7.05 Å². The molecule has 96 valence electrons. The van der Waals surface area contributed by atoms with Gasteiger partial charge in [-0.1, -0.05) is 0 Å². The van der Waals surface area contributed by atoms with Gasteiger partial charge in [-0.25, -0.2) is 8.78 Å². The van der Waals surface area contributed by atoms with E-state index in [4.69, 9.17) is 5.26 Å². The number of nitrogens with one attached hydrogen (secondary N) is 1. The fourth-order valence-corrected chi connectivity index (χ4v) is 1.51. The lowest BCUT2D eigenvalue weighted by atomic mass is 10.2. The average molecular weight is 262 g/mol. The Morgan fingerprint density at radius 2 is 2.21 bits per heavy atom. The summed E-state index contributed by atoms with van der Waals surface area (Å²) in [6, 6.07) is 4.39. The van der Waals surface area contributed by atoms with Crippen molar-refractivity contribution in [1.29, 1.82) is 5.26 Å². The minimum atomic E-state index is -0.850. The molecule has 0 spiro atoms. The Labute approximate surface area is 107 Å². The van der Waals surface area contributed by atoms with Crippen LogP contribution in [0.15, 0.2) is 24.4 Å². The summed E-state index contributed by atoms with van der Waals surface area (Å²) in [6.07, 6.45) is 1.26. The van der Waals surface area contributed by atoms with Gasteiger partial charge in [-0.2, -0.15) is 10.4 Å². The fraction of sp³-hybridized carbons (Fsp3) is 0.0833. The molecule has 7 heteroatoms. The molecule has 0 fully saturated rings. The summed E-state index contributed by atoms with van der Waals surface area (Å²) in [6.45, 7) is 0. The van der Waals surface area contributed by atoms with Gasteiger partial charge in [-0.3, -0.25) is 9.48 Å². The first-order valence-corrected chi connectivity index (χ1v) is 5.21. The highest BCUT2D eigenvalue weighted by Crippen LogP contribution is 2.16. The number of carbonyl (C=O) groups is 1. The standard InChI is InChI=1S/C12H8F2N4O/c1-18-11(7(5-15)6-16-18)17-12(19)9-4-8(13)2-3-10(9)14/h2-4,6H,1H3,(H,17,19). The molecule has 0 bridgehead atoms. The first kappa shape index (κ1) is 12.7. The average Bonchev–Trinajstić information content (AvgIpc) is 2.73. The Kier molecular flexibility index (Phi) is 3.25. The molecule has 0 aliphatic carbocycles. The molecule has 0 aliphatic heterocycles. The zero-order chi connectivity index (χ0) is 14.0. The first-order chi connectivity index (χ1) is 9.02. The van der Waals surface area contributed by atoms with Gasteiger partial charge in [-0.15, -0.1) is 0 Å². The predicted octanol–water partition coefficient (Wildman–Crippen LogP) is 1.82. The lowest BCUT2D eigenvalue weighted by Crippen LogP contribution is -2.17. The molecule has 1 amide bonds. The first-order valence-electron chi connectivity index (χ1n) is 5.21. The topological polar surface area (TPSA) is 70.7 Å². The maximum atomic E-state index is 13.4. The summed E-state index contributed by atoms with van der Waals surface area (Å²) in [5.41, 5.74) is -0.308. The Hall–Kier alpha value is -2.75. The molecular formula is C12H8F2N4O. The van der Waals surface area contributed by atoms with Crippen LogP contribution in [0.4, 0.5) is 14.6 Å². The number of hydrogen-bond donors (Lipinski definition) is 1. The fourth-order valence-electron chi connectivity index (χ4n) is 1.51. The SMILES string of the molecule is Cn1ncc(C#N)c1NC(=O)c1cc(F)ccc1F. The second-order valence-corrected chi connectivity index (χ2v) is 3.72. The number of halogens is 2. The number of rotatable bonds is 2. The molecule has 0 saturated heterocycles. The van der Waals surface area contributed by atoms with Crippen molar-refractivity contribution in [2.75, 3.05) is 5.32 Å². The molecule has 0 unspecified atom stereocenters. The third kappa shape index (κ3) is 2.42. The van der Waals surface area contributed by atoms with Crippen LogP contribution in [0.3, 0.4) is 0 Å². The summed E-state index contributed by atoms with van der Waals surface area (Å²) in [4.78, 5) is 11.8. The lowest BCUT2D eigenvalue weighted by Gasteiger charge is -2.06. The summed E-state index contributed by atoms with van der Waals surface area (Å²) in [5.74, 6) is -2.30. The molecule has 0 radical (unpaired) electrons. The molecule has 19 heavy (non-hydrogen) atoms. The van der Waals surface area contributed by atoms with E-state index >= 15 is 0 Å². The Morgan fingerprint density at radius 1 is 1.47 bits per heavy atom. The Morgan fingerprint density at radius 3 is 2.89 bits per heavy atom. The highest BCUT2D eigenvalue weighted by molar-refractivity contribution is 6.04. The Bertz CT molecular complexity index is 688. The van der Waals surface area contributed by atoms with Crippen LogP contribution in [0, 0.1) is 23.0 Å². The van der Waals surface area contributed by atoms with Gasteiger partial charge in [0.1, 0.15) is 29.1 Å². The van der Waals surface area contributed by atoms with Crippen molar-refractivity contribution >= 4 is 11.7 Å². The normalized spacial score (nSPS) is 10.0. The van der Waals surface area contributed by atoms with E-state index < -0.39 is 23.1 Å². The van der Waals surface area contributed by atoms with Gasteiger partial charge >= 0.3 is 0 Å². The number of aryl methyl sites for hydroxylation is 1. The third-order valence-electron chi connectivity index (χ3n) is 2.46. The van der Waals surface area contributed by atoms with Crippen molar-refractivity contribution < 1.29 is 13.6 Å². The molecule has 0 saturated carbocycles. The maximum Gasteiger partial charge on any atom is 0.259 e. The van der Waals surface area contributed by atoms with E-state index in [2.05, 4.69) is 10.4 Å². The number of amides is 1. The van der Waals surface area contributed by atoms with E-state index in [0.717, 1.165) is 18.2 Å². The summed E-state index contributed by atoms with van der Waals surface area (Å²) >= 11 is 0. The van der Waals surface area contributed by atoms with Gasteiger partial charge in [0.05, 0.1) is 11.8 Å². The second-order valence-electron chi connectivity index (χ2n) is 3.72. The Balaban J connectivity index is 2.34. The maximum absolute atomic E-state index is 13.4. The van der Waals surface area contributed by atoms with Crippen molar-refractivity contribution in [3.8, 4) is 6.07 Å². The van der Waals surface area contributed by atoms with E-state index in [0.29, 0.717) is 0 Å². The van der Waals surface area contributed by atoms with Crippen LogP contribution in [0.1, 0.15) is 15.9 Å². The van der Waals surface area contributed by atoms with E-state index in [-0.39, 0.29) is 11.4 Å². The number of nitriles is 1. The van der Waals surface area contributed by atoms with Crippen LogP contribution >= 0.6 is 0 Å². The monoisotopic (exact) mass is 262 g/mol. The molecule has 2 aromatic rings. The van der Waals surface area contributed by atoms with Crippen molar-refractivity contribution in [3.63, 3.8) is 0 Å². The molecular weight excluding hydrogens is 254 g/mol. The highest BCUT2D eigenvalue weighted by atomic mass is 19.1. The minimum Gasteiger partial charge on any atom is -0.306 e. The number of carbonyl (C=O) groups excluding carboxylic acids is 1. The zero-order valence-electron chi connectivity index (χ0n) is 9.82. The van der Waals surface area contributed by atoms with Crippen LogP contribution in [-0.4, -0.2) is 15.7 Å². The second kappa shape index (κ2) is 4.86. The molecule has 2 rings (SSSR count). The molecule has 1 aromatic heterocycles. The number of benzene rings is 1. The highest BCUT2D eigenvalue weighted by Gasteiger charge is 2.16. The summed E-state index contributed by atoms with van der Waals surface area (Å²) < 4.78 is 27.7. The van der Waals surface area contributed by atoms with E-state index in [1.54, 1.807) is 0 Å². The molecule has 0 atom stereocenters. The van der Waals surface area contributed by atoms with Gasteiger partial charge in [-0.05, 0) is 18.2 Å². The van der Waals surface area contributed by atoms with Gasteiger partial charge in [0.15, 0.2) is 0 Å². The van der Waals surface area contributed by atoms with E-state index in [1.165, 1.54) is 17.9 Å². The third-order valence-corrected chi connectivity index (χ3v) is 2.46.